The van der Waals surface area contributed by atoms with Gasteiger partial charge in [0, 0.05) is 30.6 Å². The van der Waals surface area contributed by atoms with Gasteiger partial charge in [-0.1, -0.05) is 6.07 Å². The van der Waals surface area contributed by atoms with Crippen molar-refractivity contribution in [3.05, 3.63) is 71.9 Å². The molecule has 3 rings (SSSR count). The van der Waals surface area contributed by atoms with Crippen molar-refractivity contribution in [3.8, 4) is 17.0 Å². The molecule has 0 bridgehead atoms. The van der Waals surface area contributed by atoms with E-state index in [0.717, 1.165) is 23.3 Å². The molecule has 1 aromatic carbocycles. The number of hydrogen-bond donors (Lipinski definition) is 0. The lowest BCUT2D eigenvalue weighted by molar-refractivity contribution is 0.399. The number of ether oxygens (including phenoxy) is 1. The average molecular weight is 313 g/mol. The monoisotopic (exact) mass is 313 g/mol. The third-order valence-corrected chi connectivity index (χ3v) is 3.35. The molecule has 0 saturated carbocycles. The molecule has 0 unspecified atom stereocenters. The van der Waals surface area contributed by atoms with Gasteiger partial charge < -0.3 is 4.74 Å². The summed E-state index contributed by atoms with van der Waals surface area (Å²) in [6.45, 7) is 0. The maximum Gasteiger partial charge on any atom is 0.221 e. The second-order valence-corrected chi connectivity index (χ2v) is 4.95. The second-order valence-electron chi connectivity index (χ2n) is 4.95. The Morgan fingerprint density at radius 2 is 1.74 bits per heavy atom. The van der Waals surface area contributed by atoms with Crippen molar-refractivity contribution in [1.29, 1.82) is 0 Å². The van der Waals surface area contributed by atoms with Gasteiger partial charge in [-0.2, -0.15) is 0 Å². The number of halogens is 2. The molecule has 6 heteroatoms. The Morgan fingerprint density at radius 1 is 0.957 bits per heavy atom. The highest BCUT2D eigenvalue weighted by atomic mass is 19.2. The minimum absolute atomic E-state index is 0.351. The fourth-order valence-electron chi connectivity index (χ4n) is 2.28. The molecule has 23 heavy (non-hydrogen) atoms. The number of pyridine rings is 1. The predicted molar refractivity (Wildman–Crippen MR) is 81.0 cm³/mol. The predicted octanol–water partition coefficient (Wildman–Crippen LogP) is 3.42. The van der Waals surface area contributed by atoms with Gasteiger partial charge in [0.1, 0.15) is 6.33 Å². The molecule has 0 saturated heterocycles. The van der Waals surface area contributed by atoms with Crippen molar-refractivity contribution in [2.75, 3.05) is 7.11 Å². The van der Waals surface area contributed by atoms with E-state index < -0.39 is 11.6 Å². The summed E-state index contributed by atoms with van der Waals surface area (Å²) in [6, 6.07) is 5.55. The standard InChI is InChI=1S/C17H13F2N3O/c1-23-17-14(13-2-3-15(18)16(19)6-13)5-11(9-22-17)4-12-7-20-10-21-8-12/h2-3,5-10H,4H2,1H3. The Kier molecular flexibility index (Phi) is 4.23. The number of methoxy groups -OCH3 is 1. The Bertz CT molecular complexity index is 825. The molecule has 116 valence electrons. The zero-order valence-corrected chi connectivity index (χ0v) is 12.3. The van der Waals surface area contributed by atoms with E-state index in [4.69, 9.17) is 4.74 Å². The van der Waals surface area contributed by atoms with E-state index in [-0.39, 0.29) is 0 Å². The summed E-state index contributed by atoms with van der Waals surface area (Å²) in [4.78, 5) is 12.2. The molecule has 0 aliphatic rings. The third-order valence-electron chi connectivity index (χ3n) is 3.35. The van der Waals surface area contributed by atoms with Crippen LogP contribution in [0, 0.1) is 11.6 Å². The quantitative estimate of drug-likeness (QED) is 0.740. The first-order valence-electron chi connectivity index (χ1n) is 6.89. The Hall–Kier alpha value is -2.89. The van der Waals surface area contributed by atoms with E-state index in [1.165, 1.54) is 19.5 Å². The van der Waals surface area contributed by atoms with Crippen LogP contribution in [-0.4, -0.2) is 22.1 Å². The van der Waals surface area contributed by atoms with Crippen molar-refractivity contribution in [2.24, 2.45) is 0 Å². The van der Waals surface area contributed by atoms with Gasteiger partial charge >= 0.3 is 0 Å². The van der Waals surface area contributed by atoms with Gasteiger partial charge in [-0.25, -0.2) is 23.7 Å². The summed E-state index contributed by atoms with van der Waals surface area (Å²) in [6.07, 6.45) is 7.15. The molecule has 0 aliphatic carbocycles. The lowest BCUT2D eigenvalue weighted by Crippen LogP contribution is -1.97. The van der Waals surface area contributed by atoms with Crippen LogP contribution in [0.5, 0.6) is 5.88 Å². The van der Waals surface area contributed by atoms with Crippen molar-refractivity contribution in [3.63, 3.8) is 0 Å². The maximum atomic E-state index is 13.5. The molecular formula is C17H13F2N3O. The van der Waals surface area contributed by atoms with Crippen LogP contribution in [0.2, 0.25) is 0 Å². The van der Waals surface area contributed by atoms with Crippen LogP contribution in [-0.2, 0) is 6.42 Å². The first-order valence-corrected chi connectivity index (χ1v) is 6.89. The van der Waals surface area contributed by atoms with Gasteiger partial charge in [0.15, 0.2) is 11.6 Å². The lowest BCUT2D eigenvalue weighted by atomic mass is 10.0. The highest BCUT2D eigenvalue weighted by Crippen LogP contribution is 2.30. The van der Waals surface area contributed by atoms with Gasteiger partial charge in [0.05, 0.1) is 7.11 Å². The highest BCUT2D eigenvalue weighted by molar-refractivity contribution is 5.69. The summed E-state index contributed by atoms with van der Waals surface area (Å²) < 4.78 is 31.8. The maximum absolute atomic E-state index is 13.5. The minimum Gasteiger partial charge on any atom is -0.481 e. The fraction of sp³-hybridized carbons (Fsp3) is 0.118. The average Bonchev–Trinajstić information content (AvgIpc) is 2.58. The first-order chi connectivity index (χ1) is 11.2. The molecule has 3 aromatic rings. The number of hydrogen-bond acceptors (Lipinski definition) is 4. The van der Waals surface area contributed by atoms with Crippen LogP contribution in [0.4, 0.5) is 8.78 Å². The van der Waals surface area contributed by atoms with E-state index in [0.29, 0.717) is 23.4 Å². The molecule has 0 atom stereocenters. The molecule has 0 radical (unpaired) electrons. The molecule has 0 N–H and O–H groups in total. The van der Waals surface area contributed by atoms with E-state index in [9.17, 15) is 8.78 Å². The van der Waals surface area contributed by atoms with Gasteiger partial charge in [-0.3, -0.25) is 0 Å². The zero-order valence-electron chi connectivity index (χ0n) is 12.3. The summed E-state index contributed by atoms with van der Waals surface area (Å²) in [5.41, 5.74) is 2.91. The molecular weight excluding hydrogens is 300 g/mol. The van der Waals surface area contributed by atoms with Gasteiger partial charge in [-0.15, -0.1) is 0 Å². The SMILES string of the molecule is COc1ncc(Cc2cncnc2)cc1-c1ccc(F)c(F)c1. The van der Waals surface area contributed by atoms with E-state index in [2.05, 4.69) is 15.0 Å². The van der Waals surface area contributed by atoms with Gasteiger partial charge in [-0.05, 0) is 34.9 Å². The van der Waals surface area contributed by atoms with Crippen molar-refractivity contribution < 1.29 is 13.5 Å². The topological polar surface area (TPSA) is 47.9 Å². The van der Waals surface area contributed by atoms with E-state index in [1.807, 2.05) is 6.07 Å². The Morgan fingerprint density at radius 3 is 2.43 bits per heavy atom. The Balaban J connectivity index is 2.00. The second kappa shape index (κ2) is 6.48. The molecule has 0 fully saturated rings. The smallest absolute Gasteiger partial charge is 0.221 e. The molecule has 2 aromatic heterocycles. The van der Waals surface area contributed by atoms with Crippen molar-refractivity contribution >= 4 is 0 Å². The number of nitrogens with zero attached hydrogens (tertiary/aromatic N) is 3. The number of rotatable bonds is 4. The molecule has 2 heterocycles. The molecule has 4 nitrogen and oxygen atoms in total. The van der Waals surface area contributed by atoms with Crippen molar-refractivity contribution in [2.45, 2.75) is 6.42 Å². The van der Waals surface area contributed by atoms with Crippen LogP contribution in [0.15, 0.2) is 49.2 Å². The van der Waals surface area contributed by atoms with Gasteiger partial charge in [0.25, 0.3) is 0 Å². The number of aromatic nitrogens is 3. The highest BCUT2D eigenvalue weighted by Gasteiger charge is 2.12. The van der Waals surface area contributed by atoms with E-state index in [1.54, 1.807) is 18.6 Å². The zero-order chi connectivity index (χ0) is 16.2. The fourth-order valence-corrected chi connectivity index (χ4v) is 2.28. The first kappa shape index (κ1) is 15.0. The molecule has 0 amide bonds. The summed E-state index contributed by atoms with van der Waals surface area (Å²) in [7, 11) is 1.48. The van der Waals surface area contributed by atoms with Crippen LogP contribution in [0.25, 0.3) is 11.1 Å². The number of benzene rings is 1. The Labute approximate surface area is 131 Å². The van der Waals surface area contributed by atoms with E-state index >= 15 is 0 Å². The van der Waals surface area contributed by atoms with Crippen LogP contribution >= 0.6 is 0 Å². The van der Waals surface area contributed by atoms with Gasteiger partial charge in [0.2, 0.25) is 5.88 Å². The summed E-state index contributed by atoms with van der Waals surface area (Å²) >= 11 is 0. The third kappa shape index (κ3) is 3.31. The van der Waals surface area contributed by atoms with Crippen molar-refractivity contribution in [1.82, 2.24) is 15.0 Å². The molecule has 0 aliphatic heterocycles. The largest absolute Gasteiger partial charge is 0.481 e. The normalized spacial score (nSPS) is 10.6. The summed E-state index contributed by atoms with van der Waals surface area (Å²) in [5.74, 6) is -1.45. The minimum atomic E-state index is -0.911. The van der Waals surface area contributed by atoms with Crippen LogP contribution < -0.4 is 4.74 Å². The molecule has 0 spiro atoms. The summed E-state index contributed by atoms with van der Waals surface area (Å²) in [5, 5.41) is 0. The van der Waals surface area contributed by atoms with Crippen LogP contribution in [0.1, 0.15) is 11.1 Å². The lowest BCUT2D eigenvalue weighted by Gasteiger charge is -2.10. The van der Waals surface area contributed by atoms with Crippen LogP contribution in [0.3, 0.4) is 0 Å².